The molecule has 2 fully saturated rings. The van der Waals surface area contributed by atoms with Crippen LogP contribution in [0, 0.1) is 0 Å². The molecule has 0 aliphatic carbocycles. The second kappa shape index (κ2) is 12.4. The fraction of sp³-hybridized carbons (Fsp3) is 0.364. The number of phenols is 1. The van der Waals surface area contributed by atoms with Gasteiger partial charge in [-0.1, -0.05) is 18.2 Å². The Labute approximate surface area is 239 Å². The van der Waals surface area contributed by atoms with Gasteiger partial charge in [-0.15, -0.1) is 11.3 Å². The van der Waals surface area contributed by atoms with Gasteiger partial charge in [0, 0.05) is 39.2 Å². The van der Waals surface area contributed by atoms with Gasteiger partial charge in [0.1, 0.15) is 19.0 Å². The summed E-state index contributed by atoms with van der Waals surface area (Å²) in [5, 5.41) is 11.6. The van der Waals surface area contributed by atoms with E-state index in [0.717, 1.165) is 65.5 Å². The highest BCUT2D eigenvalue weighted by molar-refractivity contribution is 7.22. The molecule has 208 valence electrons. The fourth-order valence-corrected chi connectivity index (χ4v) is 6.90. The van der Waals surface area contributed by atoms with Crippen LogP contribution in [-0.2, 0) is 0 Å². The van der Waals surface area contributed by atoms with Crippen molar-refractivity contribution < 1.29 is 19.4 Å². The predicted molar refractivity (Wildman–Crippen MR) is 161 cm³/mol. The largest absolute Gasteiger partial charge is 0.504 e. The Morgan fingerprint density at radius 1 is 0.800 bits per heavy atom. The molecule has 0 amide bonds. The number of aromatic hydroxyl groups is 1. The Balaban J connectivity index is 1.20. The van der Waals surface area contributed by atoms with E-state index in [9.17, 15) is 9.90 Å². The van der Waals surface area contributed by atoms with Crippen molar-refractivity contribution in [3.63, 3.8) is 0 Å². The number of carbonyl (C=O) groups is 1. The van der Waals surface area contributed by atoms with E-state index in [2.05, 4.69) is 9.80 Å². The fourth-order valence-electron chi connectivity index (χ4n) is 5.69. The lowest BCUT2D eigenvalue weighted by molar-refractivity contribution is 0.104. The van der Waals surface area contributed by atoms with Gasteiger partial charge in [0.15, 0.2) is 17.3 Å². The number of carbonyl (C=O) groups excluding carboxylic acids is 1. The third-order valence-electron chi connectivity index (χ3n) is 7.90. The predicted octanol–water partition coefficient (Wildman–Crippen LogP) is 6.45. The average molecular weight is 557 g/mol. The molecule has 0 bridgehead atoms. The third kappa shape index (κ3) is 6.02. The first-order valence-electron chi connectivity index (χ1n) is 14.4. The molecule has 2 aliphatic heterocycles. The molecule has 1 N–H and O–H groups in total. The summed E-state index contributed by atoms with van der Waals surface area (Å²) in [4.78, 5) is 19.6. The molecule has 0 saturated carbocycles. The highest BCUT2D eigenvalue weighted by Crippen LogP contribution is 2.41. The Hall–Kier alpha value is -3.39. The van der Waals surface area contributed by atoms with Crippen LogP contribution in [-0.4, -0.2) is 73.2 Å². The van der Waals surface area contributed by atoms with E-state index in [1.54, 1.807) is 23.5 Å². The molecule has 4 aromatic rings. The van der Waals surface area contributed by atoms with E-state index in [0.29, 0.717) is 30.1 Å². The molecule has 6 rings (SSSR count). The molecule has 0 unspecified atom stereocenters. The molecule has 7 heteroatoms. The van der Waals surface area contributed by atoms with Crippen LogP contribution in [0.15, 0.2) is 66.7 Å². The van der Waals surface area contributed by atoms with Crippen molar-refractivity contribution in [3.05, 3.63) is 77.9 Å². The van der Waals surface area contributed by atoms with Gasteiger partial charge in [0.25, 0.3) is 0 Å². The van der Waals surface area contributed by atoms with Crippen molar-refractivity contribution in [3.8, 4) is 27.7 Å². The van der Waals surface area contributed by atoms with Crippen LogP contribution < -0.4 is 9.47 Å². The molecule has 2 aliphatic rings. The van der Waals surface area contributed by atoms with Gasteiger partial charge >= 0.3 is 0 Å². The van der Waals surface area contributed by atoms with Gasteiger partial charge in [0.05, 0.1) is 0 Å². The van der Waals surface area contributed by atoms with Crippen molar-refractivity contribution in [1.82, 2.24) is 9.80 Å². The zero-order valence-electron chi connectivity index (χ0n) is 22.8. The first-order valence-corrected chi connectivity index (χ1v) is 15.2. The zero-order chi connectivity index (χ0) is 27.3. The van der Waals surface area contributed by atoms with Gasteiger partial charge in [0.2, 0.25) is 0 Å². The first kappa shape index (κ1) is 26.8. The lowest BCUT2D eigenvalue weighted by atomic mass is 9.97. The van der Waals surface area contributed by atoms with Crippen molar-refractivity contribution >= 4 is 27.2 Å². The van der Waals surface area contributed by atoms with Crippen molar-refractivity contribution in [2.45, 2.75) is 25.7 Å². The zero-order valence-corrected chi connectivity index (χ0v) is 23.6. The highest BCUT2D eigenvalue weighted by Gasteiger charge is 2.23. The normalized spacial score (nSPS) is 16.1. The summed E-state index contributed by atoms with van der Waals surface area (Å²) >= 11 is 1.61. The second-order valence-electron chi connectivity index (χ2n) is 10.6. The quantitative estimate of drug-likeness (QED) is 0.214. The molecule has 0 radical (unpaired) electrons. The molecule has 0 spiro atoms. The van der Waals surface area contributed by atoms with Crippen molar-refractivity contribution in [2.24, 2.45) is 0 Å². The van der Waals surface area contributed by atoms with Crippen molar-refractivity contribution in [1.29, 1.82) is 0 Å². The Bertz CT molecular complexity index is 1450. The third-order valence-corrected chi connectivity index (χ3v) is 9.12. The van der Waals surface area contributed by atoms with E-state index < -0.39 is 0 Å². The number of fused-ring (bicyclic) bond motifs is 1. The maximum atomic E-state index is 13.9. The van der Waals surface area contributed by atoms with E-state index >= 15 is 0 Å². The number of rotatable bonds is 11. The maximum Gasteiger partial charge on any atom is 0.195 e. The van der Waals surface area contributed by atoms with E-state index in [1.165, 1.54) is 31.7 Å². The van der Waals surface area contributed by atoms with E-state index in [1.807, 2.05) is 48.5 Å². The van der Waals surface area contributed by atoms with Crippen LogP contribution in [0.3, 0.4) is 0 Å². The first-order chi connectivity index (χ1) is 19.7. The summed E-state index contributed by atoms with van der Waals surface area (Å²) in [6.07, 6.45) is 5.03. The number of phenolic OH excluding ortho intramolecular Hbond substituents is 1. The maximum absolute atomic E-state index is 13.9. The van der Waals surface area contributed by atoms with Crippen LogP contribution in [0.4, 0.5) is 0 Å². The number of hydrogen-bond acceptors (Lipinski definition) is 7. The molecule has 40 heavy (non-hydrogen) atoms. The Kier molecular flexibility index (Phi) is 8.32. The molecule has 0 atom stereocenters. The average Bonchev–Trinajstić information content (AvgIpc) is 3.76. The lowest BCUT2D eigenvalue weighted by Gasteiger charge is -2.15. The minimum absolute atomic E-state index is 0.0104. The summed E-state index contributed by atoms with van der Waals surface area (Å²) in [7, 11) is 0. The summed E-state index contributed by atoms with van der Waals surface area (Å²) in [6.45, 7) is 7.51. The SMILES string of the molecule is O=C(c1ccc(OCCN2CCCC2)c(O)c1)c1c(-c2ccc(OCCN3CCCC3)cc2)sc2ccccc12. The molecule has 3 heterocycles. The molecular weight excluding hydrogens is 520 g/mol. The summed E-state index contributed by atoms with van der Waals surface area (Å²) < 4.78 is 12.9. The van der Waals surface area contributed by atoms with Crippen LogP contribution in [0.5, 0.6) is 17.2 Å². The minimum atomic E-state index is -0.114. The number of ketones is 1. The Morgan fingerprint density at radius 2 is 1.45 bits per heavy atom. The smallest absolute Gasteiger partial charge is 0.195 e. The molecule has 3 aromatic carbocycles. The Morgan fingerprint density at radius 3 is 2.12 bits per heavy atom. The van der Waals surface area contributed by atoms with Crippen LogP contribution in [0.1, 0.15) is 41.6 Å². The van der Waals surface area contributed by atoms with Gasteiger partial charge in [-0.05, 0) is 106 Å². The highest BCUT2D eigenvalue weighted by atomic mass is 32.1. The van der Waals surface area contributed by atoms with Gasteiger partial charge < -0.3 is 14.6 Å². The van der Waals surface area contributed by atoms with Gasteiger partial charge in [-0.25, -0.2) is 0 Å². The van der Waals surface area contributed by atoms with Gasteiger partial charge in [-0.2, -0.15) is 0 Å². The monoisotopic (exact) mass is 556 g/mol. The molecule has 2 saturated heterocycles. The molecular formula is C33H36N2O4S. The topological polar surface area (TPSA) is 62.2 Å². The molecule has 1 aromatic heterocycles. The summed E-state index contributed by atoms with van der Waals surface area (Å²) in [5.74, 6) is 1.12. The van der Waals surface area contributed by atoms with Gasteiger partial charge in [-0.3, -0.25) is 14.6 Å². The van der Waals surface area contributed by atoms with Crippen LogP contribution in [0.2, 0.25) is 0 Å². The summed E-state index contributed by atoms with van der Waals surface area (Å²) in [6, 6.07) is 21.0. The molecule has 6 nitrogen and oxygen atoms in total. The van der Waals surface area contributed by atoms with E-state index in [4.69, 9.17) is 9.47 Å². The number of benzene rings is 3. The van der Waals surface area contributed by atoms with Crippen LogP contribution >= 0.6 is 11.3 Å². The number of ether oxygens (including phenoxy) is 2. The van der Waals surface area contributed by atoms with E-state index in [-0.39, 0.29) is 11.5 Å². The lowest BCUT2D eigenvalue weighted by Crippen LogP contribution is -2.25. The standard InChI is InChI=1S/C33H36N2O4S/c36-28-23-25(11-14-29(28)39-22-20-35-17-5-6-18-35)32(37)31-27-7-1-2-8-30(27)40-33(31)24-9-12-26(13-10-24)38-21-19-34-15-3-4-16-34/h1-2,7-14,23,36H,3-6,15-22H2. The number of thiophene rings is 1. The van der Waals surface area contributed by atoms with Crippen molar-refractivity contribution in [2.75, 3.05) is 52.5 Å². The van der Waals surface area contributed by atoms with Crippen LogP contribution in [0.25, 0.3) is 20.5 Å². The summed E-state index contributed by atoms with van der Waals surface area (Å²) in [5.41, 5.74) is 2.07. The minimum Gasteiger partial charge on any atom is -0.504 e. The number of hydrogen-bond donors (Lipinski definition) is 1. The number of likely N-dealkylation sites (tertiary alicyclic amines) is 2. The number of nitrogens with zero attached hydrogens (tertiary/aromatic N) is 2. The second-order valence-corrected chi connectivity index (χ2v) is 11.7.